The van der Waals surface area contributed by atoms with Gasteiger partial charge in [0.25, 0.3) is 11.4 Å². The first-order valence-electron chi connectivity index (χ1n) is 11.0. The molecule has 0 saturated heterocycles. The third-order valence-electron chi connectivity index (χ3n) is 5.85. The zero-order valence-electron chi connectivity index (χ0n) is 20.2. The topological polar surface area (TPSA) is 174 Å². The van der Waals surface area contributed by atoms with E-state index in [9.17, 15) is 24.4 Å². The Hall–Kier alpha value is -4.97. The van der Waals surface area contributed by atoms with Crippen molar-refractivity contribution in [2.45, 2.75) is 9.79 Å². The van der Waals surface area contributed by atoms with Crippen molar-refractivity contribution in [3.63, 3.8) is 0 Å². The predicted octanol–water partition coefficient (Wildman–Crippen LogP) is 5.19. The maximum atomic E-state index is 13.6. The molecule has 4 aromatic carbocycles. The van der Waals surface area contributed by atoms with Crippen LogP contribution in [0.5, 0.6) is 11.5 Å². The second-order valence-corrected chi connectivity index (χ2v) is 9.53. The van der Waals surface area contributed by atoms with Gasteiger partial charge in [0.15, 0.2) is 0 Å². The molecule has 4 aromatic rings. The summed E-state index contributed by atoms with van der Waals surface area (Å²) in [5.74, 6) is 0.851. The smallest absolute Gasteiger partial charge is 0.292 e. The lowest BCUT2D eigenvalue weighted by atomic mass is 10.0. The minimum atomic E-state index is -1.70. The fourth-order valence-corrected chi connectivity index (χ4v) is 5.04. The van der Waals surface area contributed by atoms with Crippen LogP contribution in [-0.4, -0.2) is 28.3 Å². The molecule has 11 nitrogen and oxygen atoms in total. The zero-order chi connectivity index (χ0) is 27.6. The summed E-state index contributed by atoms with van der Waals surface area (Å²) in [5.41, 5.74) is 12.9. The van der Waals surface area contributed by atoms with Gasteiger partial charge in [-0.15, -0.1) is 0 Å². The molecule has 0 heterocycles. The number of nitrogen functional groups attached to an aromatic ring is 2. The second-order valence-electron chi connectivity index (χ2n) is 8.05. The first-order valence-corrected chi connectivity index (χ1v) is 12.2. The third-order valence-corrected chi connectivity index (χ3v) is 7.21. The minimum absolute atomic E-state index is 0.0196. The van der Waals surface area contributed by atoms with Crippen LogP contribution in [-0.2, 0) is 10.8 Å². The highest BCUT2D eigenvalue weighted by atomic mass is 32.2. The van der Waals surface area contributed by atoms with Gasteiger partial charge in [0, 0.05) is 33.1 Å². The van der Waals surface area contributed by atoms with Gasteiger partial charge in [-0.05, 0) is 59.7 Å². The van der Waals surface area contributed by atoms with E-state index in [0.29, 0.717) is 43.5 Å². The molecule has 4 N–H and O–H groups in total. The molecule has 0 aliphatic heterocycles. The number of methoxy groups -OCH3 is 2. The summed E-state index contributed by atoms with van der Waals surface area (Å²) in [6.07, 6.45) is 0. The van der Waals surface area contributed by atoms with Crippen LogP contribution in [0.15, 0.2) is 82.6 Å². The van der Waals surface area contributed by atoms with Gasteiger partial charge < -0.3 is 20.9 Å². The molecule has 0 saturated carbocycles. The highest BCUT2D eigenvalue weighted by Gasteiger charge is 2.20. The standard InChI is InChI=1S/C26H22N4O7S/c1-36-25-9-5-17(13-19(25)15-3-7-21(27)23(11-15)29(31)32)38(35)18-6-10-26(37-2)20(14-18)16-4-8-22(28)24(12-16)30(33)34/h3-14H,27-28H2,1-2H3. The quantitative estimate of drug-likeness (QED) is 0.175. The lowest BCUT2D eigenvalue weighted by Crippen LogP contribution is -1.99. The Kier molecular flexibility index (Phi) is 7.26. The van der Waals surface area contributed by atoms with E-state index in [1.807, 2.05) is 0 Å². The van der Waals surface area contributed by atoms with Gasteiger partial charge in [-0.2, -0.15) is 0 Å². The normalized spacial score (nSPS) is 10.8. The van der Waals surface area contributed by atoms with Gasteiger partial charge in [0.05, 0.1) is 34.9 Å². The van der Waals surface area contributed by atoms with Crippen LogP contribution < -0.4 is 20.9 Å². The van der Waals surface area contributed by atoms with Crippen molar-refractivity contribution in [1.29, 1.82) is 0 Å². The lowest BCUT2D eigenvalue weighted by Gasteiger charge is -2.14. The molecule has 0 aromatic heterocycles. The second kappa shape index (κ2) is 10.6. The molecule has 12 heteroatoms. The molecule has 0 spiro atoms. The van der Waals surface area contributed by atoms with Crippen molar-refractivity contribution >= 4 is 33.5 Å². The van der Waals surface area contributed by atoms with Crippen LogP contribution in [0.3, 0.4) is 0 Å². The van der Waals surface area contributed by atoms with Crippen molar-refractivity contribution in [3.05, 3.63) is 93.0 Å². The van der Waals surface area contributed by atoms with Crippen molar-refractivity contribution in [1.82, 2.24) is 0 Å². The number of hydrogen-bond donors (Lipinski definition) is 2. The highest BCUT2D eigenvalue weighted by molar-refractivity contribution is 7.85. The molecule has 0 atom stereocenters. The lowest BCUT2D eigenvalue weighted by molar-refractivity contribution is -0.384. The summed E-state index contributed by atoms with van der Waals surface area (Å²) in [5, 5.41) is 22.8. The zero-order valence-corrected chi connectivity index (χ0v) is 21.1. The summed E-state index contributed by atoms with van der Waals surface area (Å²) < 4.78 is 24.5. The SMILES string of the molecule is COc1ccc(S(=O)c2ccc(OC)c(-c3ccc(N)c([N+](=O)[O-])c3)c2)cc1-c1ccc(N)c([N+](=O)[O-])c1. The molecule has 0 unspecified atom stereocenters. The molecule has 0 bridgehead atoms. The molecular formula is C26H22N4O7S. The van der Waals surface area contributed by atoms with Crippen LogP contribution in [0.4, 0.5) is 22.7 Å². The Morgan fingerprint density at radius 3 is 1.39 bits per heavy atom. The average Bonchev–Trinajstić information content (AvgIpc) is 2.92. The molecule has 0 amide bonds. The molecule has 0 fully saturated rings. The fourth-order valence-electron chi connectivity index (χ4n) is 3.93. The van der Waals surface area contributed by atoms with Crippen LogP contribution in [0, 0.1) is 20.2 Å². The molecule has 0 aliphatic rings. The van der Waals surface area contributed by atoms with E-state index in [2.05, 4.69) is 0 Å². The predicted molar refractivity (Wildman–Crippen MR) is 144 cm³/mol. The molecular weight excluding hydrogens is 512 g/mol. The largest absolute Gasteiger partial charge is 0.496 e. The fraction of sp³-hybridized carbons (Fsp3) is 0.0769. The average molecular weight is 535 g/mol. The first kappa shape index (κ1) is 26.1. The van der Waals surface area contributed by atoms with Crippen LogP contribution >= 0.6 is 0 Å². The van der Waals surface area contributed by atoms with Crippen LogP contribution in [0.1, 0.15) is 0 Å². The maximum Gasteiger partial charge on any atom is 0.292 e. The number of nitrogens with zero attached hydrogens (tertiary/aromatic N) is 2. The number of nitro benzene ring substituents is 2. The number of ether oxygens (including phenoxy) is 2. The number of rotatable bonds is 8. The summed E-state index contributed by atoms with van der Waals surface area (Å²) in [4.78, 5) is 22.4. The van der Waals surface area contributed by atoms with E-state index < -0.39 is 20.6 Å². The summed E-state index contributed by atoms with van der Waals surface area (Å²) in [7, 11) is 1.22. The van der Waals surface area contributed by atoms with Gasteiger partial charge in [-0.25, -0.2) is 4.21 Å². The van der Waals surface area contributed by atoms with Crippen LogP contribution in [0.25, 0.3) is 22.3 Å². The monoisotopic (exact) mass is 534 g/mol. The number of nitrogens with two attached hydrogens (primary N) is 2. The van der Waals surface area contributed by atoms with Gasteiger partial charge in [0.1, 0.15) is 22.9 Å². The Balaban J connectivity index is 1.80. The van der Waals surface area contributed by atoms with Crippen molar-refractivity contribution < 1.29 is 23.5 Å². The van der Waals surface area contributed by atoms with Crippen molar-refractivity contribution in [2.24, 2.45) is 0 Å². The molecule has 0 aliphatic carbocycles. The maximum absolute atomic E-state index is 13.6. The number of nitro groups is 2. The third kappa shape index (κ3) is 4.97. The number of benzene rings is 4. The minimum Gasteiger partial charge on any atom is -0.496 e. The van der Waals surface area contributed by atoms with Gasteiger partial charge in [0.2, 0.25) is 0 Å². The molecule has 194 valence electrons. The Labute approximate surface area is 219 Å². The summed E-state index contributed by atoms with van der Waals surface area (Å²) in [6.45, 7) is 0. The van der Waals surface area contributed by atoms with E-state index >= 15 is 0 Å². The van der Waals surface area contributed by atoms with Gasteiger partial charge in [-0.1, -0.05) is 12.1 Å². The Bertz CT molecular complexity index is 1490. The molecule has 38 heavy (non-hydrogen) atoms. The Morgan fingerprint density at radius 1 is 0.658 bits per heavy atom. The van der Waals surface area contributed by atoms with E-state index in [-0.39, 0.29) is 22.7 Å². The van der Waals surface area contributed by atoms with E-state index in [1.165, 1.54) is 38.5 Å². The molecule has 0 radical (unpaired) electrons. The first-order chi connectivity index (χ1) is 18.1. The summed E-state index contributed by atoms with van der Waals surface area (Å²) in [6, 6.07) is 18.5. The van der Waals surface area contributed by atoms with Crippen molar-refractivity contribution in [3.8, 4) is 33.8 Å². The van der Waals surface area contributed by atoms with Gasteiger partial charge in [-0.3, -0.25) is 20.2 Å². The van der Waals surface area contributed by atoms with E-state index in [0.717, 1.165) is 0 Å². The van der Waals surface area contributed by atoms with E-state index in [1.54, 1.807) is 48.5 Å². The van der Waals surface area contributed by atoms with Gasteiger partial charge >= 0.3 is 0 Å². The van der Waals surface area contributed by atoms with E-state index in [4.69, 9.17) is 20.9 Å². The number of anilines is 2. The highest BCUT2D eigenvalue weighted by Crippen LogP contribution is 2.38. The summed E-state index contributed by atoms with van der Waals surface area (Å²) >= 11 is 0. The van der Waals surface area contributed by atoms with Crippen LogP contribution in [0.2, 0.25) is 0 Å². The Morgan fingerprint density at radius 2 is 1.05 bits per heavy atom. The molecule has 4 rings (SSSR count). The van der Waals surface area contributed by atoms with Crippen molar-refractivity contribution in [2.75, 3.05) is 25.7 Å². The number of hydrogen-bond acceptors (Lipinski definition) is 9.